The Morgan fingerprint density at radius 3 is 2.77 bits per heavy atom. The zero-order valence-corrected chi connectivity index (χ0v) is 12.7. The van der Waals surface area contributed by atoms with Crippen LogP contribution in [0.15, 0.2) is 12.1 Å². The fraction of sp³-hybridized carbons (Fsp3) is 0.571. The highest BCUT2D eigenvalue weighted by molar-refractivity contribution is 5.67. The van der Waals surface area contributed by atoms with Gasteiger partial charge in [0.15, 0.2) is 0 Å². The van der Waals surface area contributed by atoms with Gasteiger partial charge in [0.25, 0.3) is 0 Å². The third kappa shape index (κ3) is 3.45. The van der Waals surface area contributed by atoms with Gasteiger partial charge in [-0.3, -0.25) is 10.1 Å². The third-order valence-electron chi connectivity index (χ3n) is 3.45. The van der Waals surface area contributed by atoms with Gasteiger partial charge in [0, 0.05) is 32.3 Å². The molecule has 122 valence electrons. The van der Waals surface area contributed by atoms with E-state index < -0.39 is 16.4 Å². The molecule has 1 aliphatic rings. The van der Waals surface area contributed by atoms with Gasteiger partial charge in [0.2, 0.25) is 5.82 Å². The minimum absolute atomic E-state index is 0.150. The van der Waals surface area contributed by atoms with E-state index in [0.29, 0.717) is 19.7 Å². The first-order chi connectivity index (χ1) is 10.5. The molecule has 0 radical (unpaired) electrons. The van der Waals surface area contributed by atoms with E-state index in [4.69, 9.17) is 14.2 Å². The van der Waals surface area contributed by atoms with Crippen LogP contribution in [0.3, 0.4) is 0 Å². The molecule has 7 nitrogen and oxygen atoms in total. The zero-order chi connectivity index (χ0) is 16.3. The summed E-state index contributed by atoms with van der Waals surface area (Å²) in [4.78, 5) is 12.2. The molecule has 0 bridgehead atoms. The Balaban J connectivity index is 2.40. The van der Waals surface area contributed by atoms with E-state index in [-0.39, 0.29) is 23.6 Å². The maximum Gasteiger partial charge on any atom is 0.328 e. The van der Waals surface area contributed by atoms with Crippen molar-refractivity contribution in [3.05, 3.63) is 28.1 Å². The lowest BCUT2D eigenvalue weighted by atomic mass is 10.1. The average molecular weight is 314 g/mol. The van der Waals surface area contributed by atoms with Crippen LogP contribution < -0.4 is 9.64 Å². The van der Waals surface area contributed by atoms with Crippen molar-refractivity contribution in [3.8, 4) is 5.75 Å². The van der Waals surface area contributed by atoms with E-state index in [1.807, 2.05) is 6.92 Å². The van der Waals surface area contributed by atoms with E-state index >= 15 is 0 Å². The number of anilines is 1. The Labute approximate surface area is 127 Å². The Hall–Kier alpha value is -1.93. The summed E-state index contributed by atoms with van der Waals surface area (Å²) in [6.45, 7) is 3.03. The number of morpholine rings is 1. The lowest BCUT2D eigenvalue weighted by Crippen LogP contribution is -2.48. The molecule has 0 saturated carbocycles. The van der Waals surface area contributed by atoms with Gasteiger partial charge < -0.3 is 19.1 Å². The van der Waals surface area contributed by atoms with Crippen molar-refractivity contribution in [2.24, 2.45) is 0 Å². The van der Waals surface area contributed by atoms with Crippen LogP contribution in [0.25, 0.3) is 0 Å². The Morgan fingerprint density at radius 1 is 1.45 bits per heavy atom. The number of methoxy groups -OCH3 is 2. The summed E-state index contributed by atoms with van der Waals surface area (Å²) in [6, 6.07) is 2.49. The predicted octanol–water partition coefficient (Wildman–Crippen LogP) is 1.98. The van der Waals surface area contributed by atoms with Gasteiger partial charge in [-0.25, -0.2) is 0 Å². The molecule has 1 saturated heterocycles. The van der Waals surface area contributed by atoms with Crippen LogP contribution in [0.2, 0.25) is 0 Å². The normalized spacial score (nSPS) is 21.7. The molecule has 0 aliphatic carbocycles. The quantitative estimate of drug-likeness (QED) is 0.611. The molecule has 1 heterocycles. The highest BCUT2D eigenvalue weighted by Crippen LogP contribution is 2.36. The van der Waals surface area contributed by atoms with Crippen LogP contribution in [-0.2, 0) is 9.47 Å². The van der Waals surface area contributed by atoms with Crippen LogP contribution in [0.4, 0.5) is 15.8 Å². The molecule has 8 heteroatoms. The van der Waals surface area contributed by atoms with Crippen LogP contribution in [0.5, 0.6) is 5.75 Å². The van der Waals surface area contributed by atoms with Crippen molar-refractivity contribution in [1.82, 2.24) is 0 Å². The molecule has 0 amide bonds. The number of halogens is 1. The summed E-state index contributed by atoms with van der Waals surface area (Å²) in [5.41, 5.74) is -0.357. The highest BCUT2D eigenvalue weighted by atomic mass is 19.1. The highest BCUT2D eigenvalue weighted by Gasteiger charge is 2.32. The van der Waals surface area contributed by atoms with E-state index in [1.54, 1.807) is 12.0 Å². The minimum atomic E-state index is -0.915. The summed E-state index contributed by atoms with van der Waals surface area (Å²) >= 11 is 0. The summed E-state index contributed by atoms with van der Waals surface area (Å²) in [5, 5.41) is 11.2. The zero-order valence-electron chi connectivity index (χ0n) is 12.7. The second-order valence-electron chi connectivity index (χ2n) is 5.16. The number of nitrogens with zero attached hydrogens (tertiary/aromatic N) is 2. The number of benzene rings is 1. The second kappa shape index (κ2) is 6.89. The maximum atomic E-state index is 14.0. The van der Waals surface area contributed by atoms with Gasteiger partial charge in [-0.05, 0) is 6.92 Å². The van der Waals surface area contributed by atoms with Crippen molar-refractivity contribution >= 4 is 11.4 Å². The molecule has 1 aromatic rings. The van der Waals surface area contributed by atoms with E-state index in [0.717, 1.165) is 6.07 Å². The smallest absolute Gasteiger partial charge is 0.328 e. The van der Waals surface area contributed by atoms with Crippen molar-refractivity contribution in [3.63, 3.8) is 0 Å². The summed E-state index contributed by atoms with van der Waals surface area (Å²) in [5.74, 6) is -0.678. The summed E-state index contributed by atoms with van der Waals surface area (Å²) in [7, 11) is 2.95. The summed E-state index contributed by atoms with van der Waals surface area (Å²) < 4.78 is 29.8. The van der Waals surface area contributed by atoms with Crippen molar-refractivity contribution in [2.75, 3.05) is 38.8 Å². The molecule has 0 N–H and O–H groups in total. The lowest BCUT2D eigenvalue weighted by molar-refractivity contribution is -0.386. The number of ether oxygens (including phenoxy) is 3. The monoisotopic (exact) mass is 314 g/mol. The molecule has 22 heavy (non-hydrogen) atoms. The van der Waals surface area contributed by atoms with Crippen LogP contribution in [0.1, 0.15) is 6.92 Å². The molecule has 0 aromatic heterocycles. The van der Waals surface area contributed by atoms with Crippen LogP contribution in [0, 0.1) is 15.9 Å². The maximum absolute atomic E-state index is 14.0. The van der Waals surface area contributed by atoms with Gasteiger partial charge >= 0.3 is 5.69 Å². The molecule has 0 spiro atoms. The van der Waals surface area contributed by atoms with Gasteiger partial charge in [-0.2, -0.15) is 4.39 Å². The third-order valence-corrected chi connectivity index (χ3v) is 3.45. The van der Waals surface area contributed by atoms with E-state index in [1.165, 1.54) is 13.2 Å². The molecule has 1 aromatic carbocycles. The fourth-order valence-electron chi connectivity index (χ4n) is 2.62. The molecule has 2 rings (SSSR count). The SMILES string of the molecule is COCC1CN(c2cc(OC)cc(F)c2[N+](=O)[O-])CC(C)O1. The van der Waals surface area contributed by atoms with E-state index in [2.05, 4.69) is 0 Å². The number of rotatable bonds is 5. The molecule has 2 unspecified atom stereocenters. The van der Waals surface area contributed by atoms with Gasteiger partial charge in [0.05, 0.1) is 30.8 Å². The van der Waals surface area contributed by atoms with Crippen molar-refractivity contribution in [1.29, 1.82) is 0 Å². The predicted molar refractivity (Wildman–Crippen MR) is 78.0 cm³/mol. The van der Waals surface area contributed by atoms with Crippen molar-refractivity contribution < 1.29 is 23.5 Å². The van der Waals surface area contributed by atoms with Crippen molar-refractivity contribution in [2.45, 2.75) is 19.1 Å². The number of hydrogen-bond donors (Lipinski definition) is 0. The Bertz CT molecular complexity index is 554. The first-order valence-corrected chi connectivity index (χ1v) is 6.87. The summed E-state index contributed by atoms with van der Waals surface area (Å²) in [6.07, 6.45) is -0.384. The first kappa shape index (κ1) is 16.4. The second-order valence-corrected chi connectivity index (χ2v) is 5.16. The molecule has 2 atom stereocenters. The standard InChI is InChI=1S/C14H19FN2O5/c1-9-6-16(7-11(22-9)8-20-2)13-5-10(21-3)4-12(15)14(13)17(18)19/h4-5,9,11H,6-8H2,1-3H3. The number of hydrogen-bond acceptors (Lipinski definition) is 6. The number of nitro groups is 1. The minimum Gasteiger partial charge on any atom is -0.497 e. The van der Waals surface area contributed by atoms with Crippen LogP contribution in [-0.4, -0.2) is 51.0 Å². The molecular formula is C14H19FN2O5. The molecule has 1 aliphatic heterocycles. The molecule has 1 fully saturated rings. The fourth-order valence-corrected chi connectivity index (χ4v) is 2.62. The molecular weight excluding hydrogens is 295 g/mol. The van der Waals surface area contributed by atoms with Gasteiger partial charge in [-0.15, -0.1) is 0 Å². The first-order valence-electron chi connectivity index (χ1n) is 6.87. The lowest BCUT2D eigenvalue weighted by Gasteiger charge is -2.37. The Morgan fingerprint density at radius 2 is 2.18 bits per heavy atom. The van der Waals surface area contributed by atoms with Crippen LogP contribution >= 0.6 is 0 Å². The van der Waals surface area contributed by atoms with Gasteiger partial charge in [0.1, 0.15) is 11.4 Å². The topological polar surface area (TPSA) is 74.1 Å². The largest absolute Gasteiger partial charge is 0.497 e. The average Bonchev–Trinajstić information content (AvgIpc) is 2.45. The van der Waals surface area contributed by atoms with Gasteiger partial charge in [-0.1, -0.05) is 0 Å². The van der Waals surface area contributed by atoms with E-state index in [9.17, 15) is 14.5 Å². The Kier molecular flexibility index (Phi) is 5.15. The number of nitro benzene ring substituents is 1.